The Balaban J connectivity index is 1.22. The van der Waals surface area contributed by atoms with Gasteiger partial charge in [-0.1, -0.05) is 29.4 Å². The third-order valence-corrected chi connectivity index (χ3v) is 7.72. The summed E-state index contributed by atoms with van der Waals surface area (Å²) in [7, 11) is 3.32. The first-order valence-corrected chi connectivity index (χ1v) is 13.7. The molecule has 0 saturated carbocycles. The first kappa shape index (κ1) is 26.0. The predicted octanol–water partition coefficient (Wildman–Crippen LogP) is 6.63. The van der Waals surface area contributed by atoms with Crippen LogP contribution in [0.15, 0.2) is 82.9 Å². The van der Waals surface area contributed by atoms with Crippen LogP contribution in [0.5, 0.6) is 23.0 Å². The number of benzene rings is 3. The number of piperidine rings is 3. The van der Waals surface area contributed by atoms with E-state index in [2.05, 4.69) is 16.1 Å². The van der Waals surface area contributed by atoms with Crippen LogP contribution in [0.1, 0.15) is 29.7 Å². The molecular weight excluding hydrogens is 504 g/mol. The molecule has 0 aliphatic carbocycles. The molecule has 4 aromatic rings. The number of fused-ring (bicyclic) bond motifs is 3. The second-order valence-corrected chi connectivity index (χ2v) is 10.3. The molecule has 7 heteroatoms. The minimum absolute atomic E-state index is 0.389. The van der Waals surface area contributed by atoms with Crippen molar-refractivity contribution in [3.05, 3.63) is 95.3 Å². The van der Waals surface area contributed by atoms with Crippen LogP contribution in [0.25, 0.3) is 17.3 Å². The monoisotopic (exact) mass is 538 g/mol. The number of aromatic nitrogens is 1. The summed E-state index contributed by atoms with van der Waals surface area (Å²) in [4.78, 5) is 2.51. The van der Waals surface area contributed by atoms with Gasteiger partial charge in [0.15, 0.2) is 17.3 Å². The van der Waals surface area contributed by atoms with E-state index in [1.165, 1.54) is 31.5 Å². The molecule has 4 heterocycles. The van der Waals surface area contributed by atoms with Gasteiger partial charge in [-0.25, -0.2) is 0 Å². The Labute approximate surface area is 234 Å². The van der Waals surface area contributed by atoms with Crippen LogP contribution in [0.3, 0.4) is 0 Å². The number of methoxy groups -OCH3 is 2. The maximum Gasteiger partial charge on any atom is 0.162 e. The highest BCUT2D eigenvalue weighted by Gasteiger charge is 2.29. The van der Waals surface area contributed by atoms with Gasteiger partial charge in [-0.05, 0) is 97.1 Å². The fourth-order valence-corrected chi connectivity index (χ4v) is 5.35. The van der Waals surface area contributed by atoms with Crippen LogP contribution in [0.2, 0.25) is 0 Å². The summed E-state index contributed by atoms with van der Waals surface area (Å²) in [5, 5.41) is 4.38. The number of hydrogen-bond donors (Lipinski definition) is 0. The SMILES string of the molecule is COc1ccc(COc2ccc(-c3cc(/C=C4\CN5CCC4CC5)on3)cc2OCc2ccc(OC)cc2)cc1. The normalized spacial score (nSPS) is 19.0. The van der Waals surface area contributed by atoms with Crippen molar-refractivity contribution < 1.29 is 23.5 Å². The zero-order valence-corrected chi connectivity index (χ0v) is 23.0. The Morgan fingerprint density at radius 3 is 2.00 bits per heavy atom. The number of nitrogens with zero attached hydrogens (tertiary/aromatic N) is 2. The molecule has 2 bridgehead atoms. The van der Waals surface area contributed by atoms with Gasteiger partial charge in [0.2, 0.25) is 0 Å². The predicted molar refractivity (Wildman–Crippen MR) is 154 cm³/mol. The Morgan fingerprint density at radius 2 is 1.43 bits per heavy atom. The summed E-state index contributed by atoms with van der Waals surface area (Å²) < 4.78 is 28.8. The molecule has 7 rings (SSSR count). The Hall–Kier alpha value is -4.23. The van der Waals surface area contributed by atoms with E-state index in [1.54, 1.807) is 14.2 Å². The standard InChI is InChI=1S/C33H34N2O5/c1-36-28-8-3-23(4-9-28)21-38-32-12-7-26(18-33(32)39-22-24-5-10-29(37-2)11-6-24)31-19-30(40-34-31)17-27-20-35-15-13-25(27)14-16-35/h3-12,17-19,25H,13-16,20-22H2,1-2H3/b27-17+. The smallest absolute Gasteiger partial charge is 0.162 e. The quantitative estimate of drug-likeness (QED) is 0.225. The second kappa shape index (κ2) is 11.9. The summed E-state index contributed by atoms with van der Waals surface area (Å²) in [6.45, 7) is 4.23. The van der Waals surface area contributed by atoms with E-state index in [0.717, 1.165) is 46.2 Å². The average molecular weight is 539 g/mol. The van der Waals surface area contributed by atoms with Crippen LogP contribution in [-0.4, -0.2) is 43.9 Å². The zero-order chi connectivity index (χ0) is 27.3. The lowest BCUT2D eigenvalue weighted by molar-refractivity contribution is 0.163. The average Bonchev–Trinajstić information content (AvgIpc) is 3.48. The molecule has 0 N–H and O–H groups in total. The van der Waals surface area contributed by atoms with Gasteiger partial charge in [-0.2, -0.15) is 0 Å². The molecule has 0 radical (unpaired) electrons. The largest absolute Gasteiger partial charge is 0.497 e. The van der Waals surface area contributed by atoms with E-state index < -0.39 is 0 Å². The van der Waals surface area contributed by atoms with Gasteiger partial charge >= 0.3 is 0 Å². The summed E-state index contributed by atoms with van der Waals surface area (Å²) in [6.07, 6.45) is 4.65. The van der Waals surface area contributed by atoms with Gasteiger partial charge in [0.25, 0.3) is 0 Å². The van der Waals surface area contributed by atoms with E-state index in [1.807, 2.05) is 72.8 Å². The lowest BCUT2D eigenvalue weighted by Gasteiger charge is -2.40. The Kier molecular flexibility index (Phi) is 7.73. The Morgan fingerprint density at radius 1 is 0.800 bits per heavy atom. The number of ether oxygens (including phenoxy) is 4. The van der Waals surface area contributed by atoms with Crippen molar-refractivity contribution in [2.75, 3.05) is 33.9 Å². The van der Waals surface area contributed by atoms with Crippen molar-refractivity contribution in [3.63, 3.8) is 0 Å². The highest BCUT2D eigenvalue weighted by molar-refractivity contribution is 5.66. The van der Waals surface area contributed by atoms with Crippen LogP contribution in [-0.2, 0) is 13.2 Å². The molecule has 0 unspecified atom stereocenters. The van der Waals surface area contributed by atoms with E-state index in [4.69, 9.17) is 23.5 Å². The van der Waals surface area contributed by atoms with Crippen molar-refractivity contribution >= 4 is 6.08 Å². The second-order valence-electron chi connectivity index (χ2n) is 10.3. The van der Waals surface area contributed by atoms with E-state index in [0.29, 0.717) is 30.6 Å². The molecule has 3 aromatic carbocycles. The zero-order valence-electron chi connectivity index (χ0n) is 23.0. The highest BCUT2D eigenvalue weighted by atomic mass is 16.5. The lowest BCUT2D eigenvalue weighted by atomic mass is 9.83. The number of hydrogen-bond acceptors (Lipinski definition) is 7. The summed E-state index contributed by atoms with van der Waals surface area (Å²) in [5.74, 6) is 4.38. The van der Waals surface area contributed by atoms with Crippen molar-refractivity contribution in [2.45, 2.75) is 26.1 Å². The van der Waals surface area contributed by atoms with Crippen LogP contribution in [0.4, 0.5) is 0 Å². The topological polar surface area (TPSA) is 66.2 Å². The molecule has 206 valence electrons. The first-order valence-electron chi connectivity index (χ1n) is 13.7. The first-order chi connectivity index (χ1) is 19.7. The van der Waals surface area contributed by atoms with Gasteiger partial charge in [0.05, 0.1) is 14.2 Å². The van der Waals surface area contributed by atoms with Gasteiger partial charge in [-0.3, -0.25) is 4.90 Å². The molecule has 0 amide bonds. The fourth-order valence-electron chi connectivity index (χ4n) is 5.35. The van der Waals surface area contributed by atoms with Gasteiger partial charge in [0.1, 0.15) is 30.4 Å². The van der Waals surface area contributed by atoms with Gasteiger partial charge in [-0.15, -0.1) is 0 Å². The summed E-state index contributed by atoms with van der Waals surface area (Å²) in [6, 6.07) is 23.6. The minimum atomic E-state index is 0.389. The maximum atomic E-state index is 6.28. The third-order valence-electron chi connectivity index (χ3n) is 7.72. The molecule has 40 heavy (non-hydrogen) atoms. The third kappa shape index (κ3) is 6.00. The van der Waals surface area contributed by atoms with Crippen molar-refractivity contribution in [1.82, 2.24) is 10.1 Å². The van der Waals surface area contributed by atoms with Gasteiger partial charge in [0, 0.05) is 18.2 Å². The molecule has 3 saturated heterocycles. The van der Waals surface area contributed by atoms with E-state index >= 15 is 0 Å². The highest BCUT2D eigenvalue weighted by Crippen LogP contribution is 2.36. The lowest BCUT2D eigenvalue weighted by Crippen LogP contribution is -2.42. The summed E-state index contributed by atoms with van der Waals surface area (Å²) in [5.41, 5.74) is 5.19. The molecule has 7 nitrogen and oxygen atoms in total. The van der Waals surface area contributed by atoms with Crippen LogP contribution in [0, 0.1) is 5.92 Å². The molecular formula is C33H34N2O5. The van der Waals surface area contributed by atoms with E-state index in [-0.39, 0.29) is 0 Å². The van der Waals surface area contributed by atoms with Crippen molar-refractivity contribution in [1.29, 1.82) is 0 Å². The number of rotatable bonds is 10. The molecule has 3 aliphatic heterocycles. The van der Waals surface area contributed by atoms with E-state index in [9.17, 15) is 0 Å². The maximum absolute atomic E-state index is 6.28. The van der Waals surface area contributed by atoms with Crippen LogP contribution >= 0.6 is 0 Å². The molecule has 0 atom stereocenters. The van der Waals surface area contributed by atoms with Gasteiger partial charge < -0.3 is 23.5 Å². The minimum Gasteiger partial charge on any atom is -0.497 e. The van der Waals surface area contributed by atoms with Crippen molar-refractivity contribution in [2.24, 2.45) is 5.92 Å². The molecule has 0 spiro atoms. The van der Waals surface area contributed by atoms with Crippen LogP contribution < -0.4 is 18.9 Å². The molecule has 1 aromatic heterocycles. The fraction of sp³-hybridized carbons (Fsp3) is 0.303. The molecule has 3 fully saturated rings. The Bertz CT molecular complexity index is 1450. The summed E-state index contributed by atoms with van der Waals surface area (Å²) >= 11 is 0. The van der Waals surface area contributed by atoms with Crippen molar-refractivity contribution in [3.8, 4) is 34.3 Å². The molecule has 3 aliphatic rings.